The number of rotatable bonds is 46. The summed E-state index contributed by atoms with van der Waals surface area (Å²) in [7, 11) is 0. The Morgan fingerprint density at radius 2 is 0.886 bits per heavy atom. The third-order valence-electron chi connectivity index (χ3n) is 14.5. The molecule has 2 aliphatic heterocycles. The van der Waals surface area contributed by atoms with Crippen LogP contribution in [0.2, 0.25) is 0 Å². The minimum Gasteiger partial charge on any atom is -0.394 e. The number of hydrogen-bond donors (Lipinski definition) is 9. The van der Waals surface area contributed by atoms with Crippen LogP contribution >= 0.6 is 0 Å². The second kappa shape index (κ2) is 43.0. The van der Waals surface area contributed by atoms with Crippen LogP contribution in [0.5, 0.6) is 0 Å². The highest BCUT2D eigenvalue weighted by Crippen LogP contribution is 2.30. The van der Waals surface area contributed by atoms with Crippen molar-refractivity contribution in [2.45, 2.75) is 319 Å². The van der Waals surface area contributed by atoms with Gasteiger partial charge in [0, 0.05) is 6.42 Å². The number of amides is 1. The number of carbonyl (C=O) groups is 1. The monoisotopic (exact) mass is 1000 g/mol. The molecule has 14 heteroatoms. The van der Waals surface area contributed by atoms with Crippen molar-refractivity contribution in [2.75, 3.05) is 19.8 Å². The summed E-state index contributed by atoms with van der Waals surface area (Å²) in [6.07, 6.45) is 31.4. The molecule has 0 bridgehead atoms. The summed E-state index contributed by atoms with van der Waals surface area (Å²) in [5, 5.41) is 86.8. The normalized spacial score (nSPS) is 26.0. The molecule has 12 atom stereocenters. The lowest BCUT2D eigenvalue weighted by atomic mass is 9.97. The van der Waals surface area contributed by atoms with Gasteiger partial charge in [-0.3, -0.25) is 4.79 Å². The summed E-state index contributed by atoms with van der Waals surface area (Å²) in [6.45, 7) is 2.79. The third-order valence-corrected chi connectivity index (χ3v) is 14.5. The average molecular weight is 1000 g/mol. The number of carbonyl (C=O) groups excluding carboxylic acids is 1. The molecule has 0 aliphatic carbocycles. The van der Waals surface area contributed by atoms with E-state index in [2.05, 4.69) is 19.2 Å². The molecule has 2 rings (SSSR count). The summed E-state index contributed by atoms with van der Waals surface area (Å²) < 4.78 is 22.7. The van der Waals surface area contributed by atoms with Gasteiger partial charge in [-0.15, -0.1) is 0 Å². The highest BCUT2D eigenvalue weighted by atomic mass is 16.7. The lowest BCUT2D eigenvalue weighted by Gasteiger charge is -2.46. The Bertz CT molecular complexity index is 1230. The maximum absolute atomic E-state index is 13.2. The van der Waals surface area contributed by atoms with Crippen molar-refractivity contribution < 1.29 is 64.6 Å². The van der Waals surface area contributed by atoms with Gasteiger partial charge in [-0.05, 0) is 19.3 Å². The van der Waals surface area contributed by atoms with Gasteiger partial charge in [-0.25, -0.2) is 0 Å². The smallest absolute Gasteiger partial charge is 0.220 e. The molecule has 0 radical (unpaired) electrons. The molecule has 70 heavy (non-hydrogen) atoms. The van der Waals surface area contributed by atoms with Gasteiger partial charge in [0.05, 0.1) is 32.0 Å². The molecular formula is C56H107NO13. The Morgan fingerprint density at radius 3 is 1.31 bits per heavy atom. The first-order valence-electron chi connectivity index (χ1n) is 28.9. The molecule has 0 aromatic rings. The molecule has 2 saturated heterocycles. The molecule has 1 amide bonds. The molecule has 0 aromatic heterocycles. The molecule has 14 nitrogen and oxygen atoms in total. The molecule has 2 aliphatic rings. The first-order chi connectivity index (χ1) is 34.1. The molecule has 9 N–H and O–H groups in total. The van der Waals surface area contributed by atoms with Crippen LogP contribution in [-0.2, 0) is 23.7 Å². The minimum atomic E-state index is -1.78. The third kappa shape index (κ3) is 29.0. The van der Waals surface area contributed by atoms with Crippen molar-refractivity contribution in [3.05, 3.63) is 12.2 Å². The summed E-state index contributed by atoms with van der Waals surface area (Å²) in [4.78, 5) is 13.2. The molecule has 0 spiro atoms. The Labute approximate surface area is 425 Å². The van der Waals surface area contributed by atoms with Gasteiger partial charge in [-0.2, -0.15) is 0 Å². The summed E-state index contributed by atoms with van der Waals surface area (Å²) in [5.41, 5.74) is 0. The maximum Gasteiger partial charge on any atom is 0.220 e. The highest BCUT2D eigenvalue weighted by molar-refractivity contribution is 5.76. The molecule has 0 saturated carbocycles. The number of ether oxygens (including phenoxy) is 4. The van der Waals surface area contributed by atoms with Gasteiger partial charge in [0.15, 0.2) is 12.6 Å². The zero-order chi connectivity index (χ0) is 51.0. The van der Waals surface area contributed by atoms with Crippen molar-refractivity contribution in [2.24, 2.45) is 0 Å². The summed E-state index contributed by atoms with van der Waals surface area (Å²) in [5.74, 6) is -0.236. The zero-order valence-electron chi connectivity index (χ0n) is 44.3. The predicted molar refractivity (Wildman–Crippen MR) is 277 cm³/mol. The number of unbranched alkanes of at least 4 members (excludes halogenated alkanes) is 33. The fourth-order valence-corrected chi connectivity index (χ4v) is 9.76. The van der Waals surface area contributed by atoms with Crippen LogP contribution in [0.4, 0.5) is 0 Å². The lowest BCUT2D eigenvalue weighted by molar-refractivity contribution is -0.359. The Kier molecular flexibility index (Phi) is 39.9. The SMILES string of the molecule is CCCCCCCCCC/C=C/C(O)C(COC1OC(CO)C(OC2OC(CO)C(O)C(O)C2O)C(O)C1O)NC(=O)CCCCCCCCCCCCCCCCCCCCCCCCCCCC. The van der Waals surface area contributed by atoms with E-state index in [1.54, 1.807) is 6.08 Å². The first-order valence-corrected chi connectivity index (χ1v) is 28.9. The number of nitrogens with one attached hydrogen (secondary N) is 1. The van der Waals surface area contributed by atoms with Crippen LogP contribution in [0.25, 0.3) is 0 Å². The average Bonchev–Trinajstić information content (AvgIpc) is 3.36. The van der Waals surface area contributed by atoms with E-state index in [0.717, 1.165) is 38.5 Å². The van der Waals surface area contributed by atoms with E-state index < -0.39 is 86.8 Å². The topological polar surface area (TPSA) is 228 Å². The summed E-state index contributed by atoms with van der Waals surface area (Å²) >= 11 is 0. The fraction of sp³-hybridized carbons (Fsp3) is 0.946. The van der Waals surface area contributed by atoms with Gasteiger partial charge in [0.1, 0.15) is 48.8 Å². The van der Waals surface area contributed by atoms with Crippen molar-refractivity contribution in [1.29, 1.82) is 0 Å². The van der Waals surface area contributed by atoms with Gasteiger partial charge in [0.2, 0.25) is 5.91 Å². The Hall–Kier alpha value is -1.27. The van der Waals surface area contributed by atoms with Gasteiger partial charge in [-0.1, -0.05) is 231 Å². The van der Waals surface area contributed by atoms with Gasteiger partial charge >= 0.3 is 0 Å². The van der Waals surface area contributed by atoms with E-state index in [-0.39, 0.29) is 18.9 Å². The van der Waals surface area contributed by atoms with Crippen molar-refractivity contribution >= 4 is 5.91 Å². The second-order valence-electron chi connectivity index (χ2n) is 20.8. The maximum atomic E-state index is 13.2. The molecule has 12 unspecified atom stereocenters. The van der Waals surface area contributed by atoms with E-state index >= 15 is 0 Å². The molecular weight excluding hydrogens is 895 g/mol. The van der Waals surface area contributed by atoms with Gasteiger partial charge < -0.3 is 65.1 Å². The van der Waals surface area contributed by atoms with Crippen LogP contribution in [-0.4, -0.2) is 140 Å². The molecule has 414 valence electrons. The van der Waals surface area contributed by atoms with Crippen LogP contribution in [0, 0.1) is 0 Å². The van der Waals surface area contributed by atoms with Crippen molar-refractivity contribution in [1.82, 2.24) is 5.32 Å². The van der Waals surface area contributed by atoms with E-state index in [4.69, 9.17) is 18.9 Å². The first kappa shape index (κ1) is 64.8. The van der Waals surface area contributed by atoms with Crippen LogP contribution in [0.1, 0.15) is 245 Å². The zero-order valence-corrected chi connectivity index (χ0v) is 44.3. The van der Waals surface area contributed by atoms with E-state index in [1.807, 2.05) is 6.08 Å². The summed E-state index contributed by atoms with van der Waals surface area (Å²) in [6, 6.07) is -0.907. The van der Waals surface area contributed by atoms with E-state index in [0.29, 0.717) is 6.42 Å². The molecule has 0 aromatic carbocycles. The van der Waals surface area contributed by atoms with Crippen LogP contribution in [0.15, 0.2) is 12.2 Å². The van der Waals surface area contributed by atoms with E-state index in [1.165, 1.54) is 180 Å². The second-order valence-corrected chi connectivity index (χ2v) is 20.8. The van der Waals surface area contributed by atoms with Crippen molar-refractivity contribution in [3.8, 4) is 0 Å². The quantitative estimate of drug-likeness (QED) is 0.0205. The molecule has 2 heterocycles. The Balaban J connectivity index is 1.68. The highest BCUT2D eigenvalue weighted by Gasteiger charge is 2.51. The lowest BCUT2D eigenvalue weighted by Crippen LogP contribution is -2.65. The molecule has 2 fully saturated rings. The Morgan fingerprint density at radius 1 is 0.500 bits per heavy atom. The van der Waals surface area contributed by atoms with Crippen LogP contribution in [0.3, 0.4) is 0 Å². The van der Waals surface area contributed by atoms with Gasteiger partial charge in [0.25, 0.3) is 0 Å². The minimum absolute atomic E-state index is 0.236. The van der Waals surface area contributed by atoms with E-state index in [9.17, 15) is 45.6 Å². The van der Waals surface area contributed by atoms with Crippen molar-refractivity contribution in [3.63, 3.8) is 0 Å². The largest absolute Gasteiger partial charge is 0.394 e. The fourth-order valence-electron chi connectivity index (χ4n) is 9.76. The number of hydrogen-bond acceptors (Lipinski definition) is 13. The standard InChI is InChI=1S/C56H107NO13/c1-3-5-7-9-11-13-15-16-17-18-19-20-21-22-23-24-25-26-27-28-29-30-32-34-36-38-40-48(61)57-44(45(60)39-37-35-33-31-14-12-10-8-6-4-2)43-67-55-53(66)51(64)54(47(42-59)69-55)70-56-52(65)50(63)49(62)46(41-58)68-56/h37,39,44-47,49-56,58-60,62-66H,3-36,38,40-43H2,1-2H3,(H,57,61)/b39-37+. The number of allylic oxidation sites excluding steroid dienone is 1. The number of aliphatic hydroxyl groups is 8. The predicted octanol–water partition coefficient (Wildman–Crippen LogP) is 9.11. The number of aliphatic hydroxyl groups excluding tert-OH is 8. The van der Waals surface area contributed by atoms with Crippen LogP contribution < -0.4 is 5.32 Å².